The third kappa shape index (κ3) is 4.70. The van der Waals surface area contributed by atoms with Crippen LogP contribution in [0.15, 0.2) is 0 Å². The largest absolute Gasteiger partial charge is 0.481 e. The minimum absolute atomic E-state index is 0.0314. The van der Waals surface area contributed by atoms with Gasteiger partial charge in [-0.05, 0) is 33.6 Å². The second-order valence-corrected chi connectivity index (χ2v) is 6.07. The molecule has 0 saturated carbocycles. The summed E-state index contributed by atoms with van der Waals surface area (Å²) in [4.78, 5) is 26.6. The van der Waals surface area contributed by atoms with Crippen LogP contribution in [0.25, 0.3) is 0 Å². The summed E-state index contributed by atoms with van der Waals surface area (Å²) in [6, 6.07) is 0.0896. The maximum atomic E-state index is 12.5. The highest BCUT2D eigenvalue weighted by molar-refractivity contribution is 5.76. The topological polar surface area (TPSA) is 86.9 Å². The molecule has 3 N–H and O–H groups in total. The van der Waals surface area contributed by atoms with Gasteiger partial charge in [0.15, 0.2) is 0 Å². The van der Waals surface area contributed by atoms with Gasteiger partial charge in [0.25, 0.3) is 0 Å². The van der Waals surface area contributed by atoms with Crippen LogP contribution in [-0.4, -0.2) is 58.1 Å². The van der Waals surface area contributed by atoms with Crippen molar-refractivity contribution in [3.8, 4) is 0 Å². The van der Waals surface area contributed by atoms with E-state index in [0.717, 1.165) is 12.8 Å². The Labute approximate surface area is 114 Å². The van der Waals surface area contributed by atoms with Gasteiger partial charge < -0.3 is 20.6 Å². The van der Waals surface area contributed by atoms with Crippen LogP contribution in [0.5, 0.6) is 0 Å². The molecule has 1 saturated heterocycles. The number of urea groups is 1. The molecule has 0 aliphatic carbocycles. The van der Waals surface area contributed by atoms with Crippen molar-refractivity contribution >= 4 is 12.0 Å². The molecule has 6 heteroatoms. The highest BCUT2D eigenvalue weighted by atomic mass is 16.4. The van der Waals surface area contributed by atoms with E-state index in [1.165, 1.54) is 0 Å². The summed E-state index contributed by atoms with van der Waals surface area (Å²) in [6.07, 6.45) is 1.58. The van der Waals surface area contributed by atoms with Crippen molar-refractivity contribution in [2.45, 2.75) is 51.6 Å². The van der Waals surface area contributed by atoms with E-state index in [4.69, 9.17) is 10.8 Å². The second-order valence-electron chi connectivity index (χ2n) is 6.07. The molecule has 19 heavy (non-hydrogen) atoms. The lowest BCUT2D eigenvalue weighted by atomic mass is 10.0. The van der Waals surface area contributed by atoms with Crippen molar-refractivity contribution < 1.29 is 14.7 Å². The summed E-state index contributed by atoms with van der Waals surface area (Å²) < 4.78 is 0. The van der Waals surface area contributed by atoms with E-state index in [1.807, 2.05) is 20.8 Å². The van der Waals surface area contributed by atoms with Crippen LogP contribution >= 0.6 is 0 Å². The Bertz CT molecular complexity index is 331. The van der Waals surface area contributed by atoms with Crippen LogP contribution in [0.2, 0.25) is 0 Å². The van der Waals surface area contributed by atoms with E-state index in [0.29, 0.717) is 13.1 Å². The molecule has 2 amide bonds. The van der Waals surface area contributed by atoms with Crippen molar-refractivity contribution in [1.82, 2.24) is 9.80 Å². The fourth-order valence-electron chi connectivity index (χ4n) is 2.19. The molecule has 6 nitrogen and oxygen atoms in total. The Morgan fingerprint density at radius 2 is 1.84 bits per heavy atom. The number of hydrogen-bond acceptors (Lipinski definition) is 3. The first kappa shape index (κ1) is 15.8. The van der Waals surface area contributed by atoms with E-state index in [2.05, 4.69) is 0 Å². The zero-order valence-electron chi connectivity index (χ0n) is 12.1. The Morgan fingerprint density at radius 3 is 2.26 bits per heavy atom. The summed E-state index contributed by atoms with van der Waals surface area (Å²) in [5.41, 5.74) is 5.45. The van der Waals surface area contributed by atoms with Crippen LogP contribution in [0.4, 0.5) is 4.79 Å². The third-order valence-electron chi connectivity index (χ3n) is 3.40. The molecule has 0 unspecified atom stereocenters. The zero-order valence-corrected chi connectivity index (χ0v) is 12.1. The van der Waals surface area contributed by atoms with Crippen LogP contribution in [0, 0.1) is 0 Å². The molecule has 110 valence electrons. The molecule has 0 atom stereocenters. The molecule has 0 radical (unpaired) electrons. The van der Waals surface area contributed by atoms with Gasteiger partial charge in [-0.1, -0.05) is 0 Å². The first-order valence-electron chi connectivity index (χ1n) is 6.75. The highest BCUT2D eigenvalue weighted by Gasteiger charge is 2.31. The molecule has 1 aliphatic rings. The van der Waals surface area contributed by atoms with Crippen LogP contribution in [-0.2, 0) is 4.79 Å². The van der Waals surface area contributed by atoms with Crippen molar-refractivity contribution in [2.24, 2.45) is 5.73 Å². The zero-order chi connectivity index (χ0) is 14.6. The number of carboxylic acid groups (broad SMARTS) is 1. The average Bonchev–Trinajstić information content (AvgIpc) is 2.27. The summed E-state index contributed by atoms with van der Waals surface area (Å²) in [6.45, 7) is 7.30. The first-order valence-corrected chi connectivity index (χ1v) is 6.75. The van der Waals surface area contributed by atoms with E-state index in [9.17, 15) is 9.59 Å². The number of nitrogens with zero attached hydrogens (tertiary/aromatic N) is 2. The fraction of sp³-hybridized carbons (Fsp3) is 0.846. The number of nitrogens with two attached hydrogens (primary N) is 1. The number of aliphatic carboxylic acids is 1. The smallest absolute Gasteiger partial charge is 0.320 e. The predicted octanol–water partition coefficient (Wildman–Crippen LogP) is 1.10. The molecule has 0 aromatic carbocycles. The maximum absolute atomic E-state index is 12.5. The molecule has 1 fully saturated rings. The summed E-state index contributed by atoms with van der Waals surface area (Å²) >= 11 is 0. The van der Waals surface area contributed by atoms with Crippen LogP contribution < -0.4 is 5.73 Å². The van der Waals surface area contributed by atoms with Gasteiger partial charge in [-0.2, -0.15) is 0 Å². The number of rotatable bonds is 3. The van der Waals surface area contributed by atoms with Gasteiger partial charge >= 0.3 is 12.0 Å². The fourth-order valence-corrected chi connectivity index (χ4v) is 2.19. The van der Waals surface area contributed by atoms with Gasteiger partial charge in [0, 0.05) is 31.2 Å². The van der Waals surface area contributed by atoms with Gasteiger partial charge in [-0.15, -0.1) is 0 Å². The van der Waals surface area contributed by atoms with Crippen LogP contribution in [0.1, 0.15) is 40.0 Å². The molecule has 0 aromatic heterocycles. The maximum Gasteiger partial charge on any atom is 0.320 e. The van der Waals surface area contributed by atoms with Gasteiger partial charge in [0.2, 0.25) is 0 Å². The Kier molecular flexibility index (Phi) is 5.17. The number of carboxylic acids is 1. The van der Waals surface area contributed by atoms with E-state index < -0.39 is 5.97 Å². The minimum Gasteiger partial charge on any atom is -0.481 e. The lowest BCUT2D eigenvalue weighted by Gasteiger charge is -2.41. The predicted molar refractivity (Wildman–Crippen MR) is 72.9 cm³/mol. The molecule has 1 aliphatic heterocycles. The monoisotopic (exact) mass is 271 g/mol. The average molecular weight is 271 g/mol. The van der Waals surface area contributed by atoms with E-state index >= 15 is 0 Å². The lowest BCUT2D eigenvalue weighted by Crippen LogP contribution is -2.55. The molecule has 0 bridgehead atoms. The highest BCUT2D eigenvalue weighted by Crippen LogP contribution is 2.19. The normalized spacial score (nSPS) is 17.4. The Balaban J connectivity index is 2.68. The molecular weight excluding hydrogens is 246 g/mol. The van der Waals surface area contributed by atoms with Gasteiger partial charge in [-0.25, -0.2) is 4.79 Å². The van der Waals surface area contributed by atoms with E-state index in [-0.39, 0.29) is 30.6 Å². The summed E-state index contributed by atoms with van der Waals surface area (Å²) in [5, 5.41) is 8.79. The Hall–Kier alpha value is -1.30. The van der Waals surface area contributed by atoms with Crippen LogP contribution in [0.3, 0.4) is 0 Å². The summed E-state index contributed by atoms with van der Waals surface area (Å²) in [7, 11) is 0. The lowest BCUT2D eigenvalue weighted by molar-refractivity contribution is -0.137. The number of carbonyl (C=O) groups excluding carboxylic acids is 1. The molecular formula is C13H25N3O3. The van der Waals surface area contributed by atoms with Crippen molar-refractivity contribution in [3.63, 3.8) is 0 Å². The summed E-state index contributed by atoms with van der Waals surface area (Å²) in [5.74, 6) is -0.886. The number of hydrogen-bond donors (Lipinski definition) is 2. The molecule has 0 aromatic rings. The Morgan fingerprint density at radius 1 is 1.32 bits per heavy atom. The van der Waals surface area contributed by atoms with Crippen molar-refractivity contribution in [2.75, 3.05) is 19.6 Å². The van der Waals surface area contributed by atoms with Crippen molar-refractivity contribution in [3.05, 3.63) is 0 Å². The van der Waals surface area contributed by atoms with E-state index in [1.54, 1.807) is 9.80 Å². The number of piperidine rings is 1. The SMILES string of the molecule is CC(C)(C)N(CCC(=O)O)C(=O)N1CCC(N)CC1. The van der Waals surface area contributed by atoms with Crippen molar-refractivity contribution in [1.29, 1.82) is 0 Å². The molecule has 1 heterocycles. The molecule has 0 spiro atoms. The van der Waals surface area contributed by atoms with Gasteiger partial charge in [0.05, 0.1) is 6.42 Å². The van der Waals surface area contributed by atoms with Gasteiger partial charge in [-0.3, -0.25) is 4.79 Å². The number of likely N-dealkylation sites (tertiary alicyclic amines) is 1. The number of carbonyl (C=O) groups is 2. The minimum atomic E-state index is -0.886. The molecule has 1 rings (SSSR count). The second kappa shape index (κ2) is 6.23. The number of amides is 2. The third-order valence-corrected chi connectivity index (χ3v) is 3.40. The van der Waals surface area contributed by atoms with Gasteiger partial charge in [0.1, 0.15) is 0 Å². The standard InChI is InChI=1S/C13H25N3O3/c1-13(2,3)16(9-6-11(17)18)12(19)15-7-4-10(14)5-8-15/h10H,4-9,14H2,1-3H3,(H,17,18). The quantitative estimate of drug-likeness (QED) is 0.805. The first-order chi connectivity index (χ1) is 8.71.